The van der Waals surface area contributed by atoms with Crippen LogP contribution in [0.3, 0.4) is 0 Å². The van der Waals surface area contributed by atoms with Gasteiger partial charge in [-0.1, -0.05) is 11.3 Å². The number of Topliss-reactive ketones (excluding diaryl/α,β-unsaturated/α-hetero) is 1. The number of piperazine rings is 1. The lowest BCUT2D eigenvalue weighted by atomic mass is 10.1. The van der Waals surface area contributed by atoms with E-state index in [4.69, 9.17) is 0 Å². The first-order valence-corrected chi connectivity index (χ1v) is 12.2. The van der Waals surface area contributed by atoms with Crippen molar-refractivity contribution in [2.24, 2.45) is 0 Å². The van der Waals surface area contributed by atoms with Crippen molar-refractivity contribution in [3.63, 3.8) is 0 Å². The van der Waals surface area contributed by atoms with Gasteiger partial charge in [0.25, 0.3) is 10.0 Å². The van der Waals surface area contributed by atoms with Crippen LogP contribution < -0.4 is 4.87 Å². The van der Waals surface area contributed by atoms with E-state index < -0.39 is 14.9 Å². The smallest absolute Gasteiger partial charge is 0.305 e. The van der Waals surface area contributed by atoms with E-state index in [9.17, 15) is 22.8 Å². The van der Waals surface area contributed by atoms with Crippen molar-refractivity contribution in [1.29, 1.82) is 0 Å². The van der Waals surface area contributed by atoms with Gasteiger partial charge in [-0.25, -0.2) is 8.42 Å². The summed E-state index contributed by atoms with van der Waals surface area (Å²) in [6, 6.07) is 1.85. The maximum absolute atomic E-state index is 12.7. The van der Waals surface area contributed by atoms with Crippen molar-refractivity contribution < 1.29 is 18.0 Å². The summed E-state index contributed by atoms with van der Waals surface area (Å²) >= 11 is 2.24. The van der Waals surface area contributed by atoms with Gasteiger partial charge in [-0.05, 0) is 26.8 Å². The second-order valence-corrected chi connectivity index (χ2v) is 11.5. The minimum absolute atomic E-state index is 0.0225. The molecule has 1 amide bonds. The van der Waals surface area contributed by atoms with Crippen molar-refractivity contribution in [3.8, 4) is 0 Å². The number of nitrogens with zero attached hydrogens (tertiary/aromatic N) is 2. The summed E-state index contributed by atoms with van der Waals surface area (Å²) in [6.07, 6.45) is 0.253. The predicted molar refractivity (Wildman–Crippen MR) is 112 cm³/mol. The first kappa shape index (κ1) is 21.9. The predicted octanol–water partition coefficient (Wildman–Crippen LogP) is 1.92. The molecule has 1 N–H and O–H groups in total. The third-order valence-electron chi connectivity index (χ3n) is 4.85. The first-order valence-electron chi connectivity index (χ1n) is 9.17. The van der Waals surface area contributed by atoms with Gasteiger partial charge in [0.1, 0.15) is 0 Å². The van der Waals surface area contributed by atoms with E-state index in [1.54, 1.807) is 23.2 Å². The molecule has 3 rings (SSSR count). The summed E-state index contributed by atoms with van der Waals surface area (Å²) in [7, 11) is -3.76. The SMILES string of the molecule is Cc1cc(C(=O)CCC(=O)N2CCN(S(=O)(=O)c3sc(=O)[nH]c3C)CC2)c(C)s1. The van der Waals surface area contributed by atoms with Crippen LogP contribution in [-0.4, -0.2) is 60.5 Å². The zero-order valence-electron chi connectivity index (χ0n) is 16.5. The second kappa shape index (κ2) is 8.50. The van der Waals surface area contributed by atoms with Gasteiger partial charge in [-0.15, -0.1) is 11.3 Å². The highest BCUT2D eigenvalue weighted by atomic mass is 32.2. The second-order valence-electron chi connectivity index (χ2n) is 6.96. The van der Waals surface area contributed by atoms with Crippen LogP contribution in [0.2, 0.25) is 0 Å². The Labute approximate surface area is 177 Å². The highest BCUT2D eigenvalue weighted by Crippen LogP contribution is 2.24. The van der Waals surface area contributed by atoms with E-state index in [2.05, 4.69) is 4.98 Å². The summed E-state index contributed by atoms with van der Waals surface area (Å²) < 4.78 is 26.8. The Morgan fingerprint density at radius 1 is 1.07 bits per heavy atom. The maximum Gasteiger partial charge on any atom is 0.305 e. The molecule has 29 heavy (non-hydrogen) atoms. The summed E-state index contributed by atoms with van der Waals surface area (Å²) in [5.41, 5.74) is 1.01. The third kappa shape index (κ3) is 4.68. The molecule has 11 heteroatoms. The Bertz CT molecular complexity index is 1090. The Balaban J connectivity index is 1.55. The molecule has 0 atom stereocenters. The number of aryl methyl sites for hydroxylation is 3. The Morgan fingerprint density at radius 2 is 1.72 bits per heavy atom. The molecule has 3 heterocycles. The molecule has 1 aliphatic rings. The van der Waals surface area contributed by atoms with E-state index in [1.165, 1.54) is 4.31 Å². The molecule has 0 spiro atoms. The number of aromatic nitrogens is 1. The van der Waals surface area contributed by atoms with Crippen molar-refractivity contribution >= 4 is 44.4 Å². The number of thiazole rings is 1. The van der Waals surface area contributed by atoms with Crippen molar-refractivity contribution in [2.75, 3.05) is 26.2 Å². The number of hydrogen-bond acceptors (Lipinski definition) is 7. The lowest BCUT2D eigenvalue weighted by molar-refractivity contribution is -0.132. The summed E-state index contributed by atoms with van der Waals surface area (Å²) in [5, 5.41) is 0. The zero-order chi connectivity index (χ0) is 21.3. The van der Waals surface area contributed by atoms with Gasteiger partial charge in [0, 0.05) is 60.0 Å². The number of rotatable bonds is 6. The molecule has 0 bridgehead atoms. The number of sulfonamides is 1. The van der Waals surface area contributed by atoms with Crippen molar-refractivity contribution in [3.05, 3.63) is 36.7 Å². The number of hydrogen-bond donors (Lipinski definition) is 1. The fraction of sp³-hybridized carbons (Fsp3) is 0.500. The van der Waals surface area contributed by atoms with Gasteiger partial charge in [-0.3, -0.25) is 14.4 Å². The lowest BCUT2D eigenvalue weighted by Gasteiger charge is -2.33. The van der Waals surface area contributed by atoms with Crippen LogP contribution in [0.4, 0.5) is 0 Å². The van der Waals surface area contributed by atoms with Crippen molar-refractivity contribution in [1.82, 2.24) is 14.2 Å². The molecule has 158 valence electrons. The van der Waals surface area contributed by atoms with E-state index in [0.717, 1.165) is 9.75 Å². The number of ketones is 1. The molecule has 1 saturated heterocycles. The molecule has 0 aliphatic carbocycles. The molecule has 8 nitrogen and oxygen atoms in total. The average molecular weight is 458 g/mol. The van der Waals surface area contributed by atoms with Gasteiger partial charge in [0.2, 0.25) is 5.91 Å². The van der Waals surface area contributed by atoms with E-state index in [1.807, 2.05) is 19.9 Å². The van der Waals surface area contributed by atoms with Crippen LogP contribution >= 0.6 is 22.7 Å². The first-order chi connectivity index (χ1) is 13.6. The Morgan fingerprint density at radius 3 is 2.24 bits per heavy atom. The topological polar surface area (TPSA) is 108 Å². The maximum atomic E-state index is 12.7. The standard InChI is InChI=1S/C18H23N3O5S3/c1-11-10-14(13(3)27-11)15(22)4-5-16(23)20-6-8-21(9-7-20)29(25,26)17-12(2)19-18(24)28-17/h10H,4-9H2,1-3H3,(H,19,24). The Hall–Kier alpha value is -1.82. The van der Waals surface area contributed by atoms with E-state index in [-0.39, 0.29) is 54.9 Å². The third-order valence-corrected chi connectivity index (χ3v) is 9.30. The molecule has 1 fully saturated rings. The molecule has 0 unspecified atom stereocenters. The van der Waals surface area contributed by atoms with Crippen LogP contribution in [0.25, 0.3) is 0 Å². The van der Waals surface area contributed by atoms with Crippen LogP contribution in [0.15, 0.2) is 15.1 Å². The highest BCUT2D eigenvalue weighted by molar-refractivity contribution is 7.91. The normalized spacial score (nSPS) is 15.6. The Kier molecular flexibility index (Phi) is 6.42. The number of thiophene rings is 1. The largest absolute Gasteiger partial charge is 0.340 e. The van der Waals surface area contributed by atoms with Gasteiger partial charge >= 0.3 is 4.87 Å². The van der Waals surface area contributed by atoms with Gasteiger partial charge < -0.3 is 9.88 Å². The van der Waals surface area contributed by atoms with Gasteiger partial charge in [0.05, 0.1) is 0 Å². The van der Waals surface area contributed by atoms with E-state index in [0.29, 0.717) is 22.6 Å². The molecular formula is C18H23N3O5S3. The summed E-state index contributed by atoms with van der Waals surface area (Å²) in [5.74, 6) is -0.193. The van der Waals surface area contributed by atoms with Crippen molar-refractivity contribution in [2.45, 2.75) is 37.8 Å². The molecule has 0 aromatic carbocycles. The number of H-pyrrole nitrogens is 1. The van der Waals surface area contributed by atoms with Crippen LogP contribution in [0.5, 0.6) is 0 Å². The molecular weight excluding hydrogens is 434 g/mol. The zero-order valence-corrected chi connectivity index (χ0v) is 18.9. The quantitative estimate of drug-likeness (QED) is 0.667. The summed E-state index contributed by atoms with van der Waals surface area (Å²) in [6.45, 7) is 6.25. The number of nitrogens with one attached hydrogen (secondary N) is 1. The number of aromatic amines is 1. The molecule has 0 saturated carbocycles. The fourth-order valence-electron chi connectivity index (χ4n) is 3.35. The highest BCUT2D eigenvalue weighted by Gasteiger charge is 2.32. The number of carbonyl (C=O) groups excluding carboxylic acids is 2. The number of amides is 1. The molecule has 2 aromatic rings. The molecule has 0 radical (unpaired) electrons. The van der Waals surface area contributed by atoms with Gasteiger partial charge in [0.15, 0.2) is 9.99 Å². The minimum atomic E-state index is -3.76. The monoisotopic (exact) mass is 457 g/mol. The minimum Gasteiger partial charge on any atom is -0.340 e. The fourth-order valence-corrected chi connectivity index (χ4v) is 7.15. The van der Waals surface area contributed by atoms with Crippen LogP contribution in [0.1, 0.15) is 38.6 Å². The summed E-state index contributed by atoms with van der Waals surface area (Å²) in [4.78, 5) is 42.0. The van der Waals surface area contributed by atoms with Crippen LogP contribution in [0, 0.1) is 20.8 Å². The molecule has 2 aromatic heterocycles. The average Bonchev–Trinajstić information content (AvgIpc) is 3.20. The lowest BCUT2D eigenvalue weighted by Crippen LogP contribution is -2.50. The van der Waals surface area contributed by atoms with E-state index >= 15 is 0 Å². The van der Waals surface area contributed by atoms with Crippen LogP contribution in [-0.2, 0) is 14.8 Å². The molecule has 1 aliphatic heterocycles. The number of carbonyl (C=O) groups is 2. The van der Waals surface area contributed by atoms with Gasteiger partial charge in [-0.2, -0.15) is 4.31 Å².